The summed E-state index contributed by atoms with van der Waals surface area (Å²) in [6, 6.07) is 6.17. The summed E-state index contributed by atoms with van der Waals surface area (Å²) < 4.78 is 0. The van der Waals surface area contributed by atoms with Gasteiger partial charge in [-0.3, -0.25) is 9.97 Å². The zero-order chi connectivity index (χ0) is 15.1. The minimum absolute atomic E-state index is 0.767. The number of allylic oxidation sites excluding steroid dienone is 2. The Kier molecular flexibility index (Phi) is 5.32. The van der Waals surface area contributed by atoms with Crippen LogP contribution in [0.1, 0.15) is 26.3 Å². The molecule has 0 spiro atoms. The Balaban J connectivity index is 2.06. The van der Waals surface area contributed by atoms with Gasteiger partial charge in [-0.05, 0) is 44.0 Å². The molecule has 0 saturated heterocycles. The quantitative estimate of drug-likeness (QED) is 0.799. The minimum atomic E-state index is 0.767. The van der Waals surface area contributed by atoms with E-state index >= 15 is 0 Å². The number of benzene rings is 1. The van der Waals surface area contributed by atoms with E-state index in [1.165, 1.54) is 11.1 Å². The van der Waals surface area contributed by atoms with Crippen molar-refractivity contribution in [2.75, 3.05) is 6.54 Å². The van der Waals surface area contributed by atoms with Crippen LogP contribution in [0.3, 0.4) is 0 Å². The minimum Gasteiger partial charge on any atom is -0.391 e. The van der Waals surface area contributed by atoms with Gasteiger partial charge < -0.3 is 10.6 Å². The van der Waals surface area contributed by atoms with E-state index in [1.54, 1.807) is 12.4 Å². The Bertz CT molecular complexity index is 659. The smallest absolute Gasteiger partial charge is 0.0890 e. The molecule has 0 aliphatic carbocycles. The molecule has 4 nitrogen and oxygen atoms in total. The van der Waals surface area contributed by atoms with E-state index < -0.39 is 0 Å². The van der Waals surface area contributed by atoms with Crippen molar-refractivity contribution in [2.45, 2.75) is 27.3 Å². The number of fused-ring (bicyclic) bond motifs is 1. The summed E-state index contributed by atoms with van der Waals surface area (Å²) in [5, 5.41) is 6.69. The van der Waals surface area contributed by atoms with E-state index in [0.717, 1.165) is 29.8 Å². The van der Waals surface area contributed by atoms with Gasteiger partial charge in [0.1, 0.15) is 0 Å². The van der Waals surface area contributed by atoms with Crippen LogP contribution in [0.2, 0.25) is 0 Å². The van der Waals surface area contributed by atoms with E-state index in [9.17, 15) is 0 Å². The zero-order valence-electron chi connectivity index (χ0n) is 12.9. The molecule has 0 aliphatic heterocycles. The lowest BCUT2D eigenvalue weighted by molar-refractivity contribution is 0.809. The summed E-state index contributed by atoms with van der Waals surface area (Å²) in [6.07, 6.45) is 7.56. The first-order valence-electron chi connectivity index (χ1n) is 7.25. The van der Waals surface area contributed by atoms with Crippen molar-refractivity contribution in [3.63, 3.8) is 0 Å². The van der Waals surface area contributed by atoms with Crippen molar-refractivity contribution in [3.8, 4) is 0 Å². The molecule has 2 rings (SSSR count). The van der Waals surface area contributed by atoms with Gasteiger partial charge in [0.05, 0.1) is 11.0 Å². The van der Waals surface area contributed by atoms with E-state index in [1.807, 2.05) is 19.2 Å². The molecule has 0 fully saturated rings. The molecule has 2 N–H and O–H groups in total. The molecule has 1 aromatic carbocycles. The van der Waals surface area contributed by atoms with Gasteiger partial charge in [-0.1, -0.05) is 12.1 Å². The van der Waals surface area contributed by atoms with Gasteiger partial charge in [-0.25, -0.2) is 0 Å². The van der Waals surface area contributed by atoms with Crippen molar-refractivity contribution in [2.24, 2.45) is 0 Å². The van der Waals surface area contributed by atoms with Crippen molar-refractivity contribution < 1.29 is 0 Å². The molecule has 0 aliphatic rings. The second kappa shape index (κ2) is 7.43. The number of hydrogen-bond donors (Lipinski definition) is 2. The van der Waals surface area contributed by atoms with Gasteiger partial charge in [0, 0.05) is 37.4 Å². The van der Waals surface area contributed by atoms with E-state index in [2.05, 4.69) is 52.7 Å². The molecule has 0 amide bonds. The zero-order valence-corrected chi connectivity index (χ0v) is 12.9. The molecule has 1 aromatic heterocycles. The standard InChI is InChI=1S/C17H22N4/c1-4-15(13(3)11-18-5-2)21-12-14-6-7-16-17(10-14)20-9-8-19-16/h4,6-11,18,21H,5,12H2,1-3H3/b13-11-,15-4+. The van der Waals surface area contributed by atoms with Gasteiger partial charge in [-0.2, -0.15) is 0 Å². The highest BCUT2D eigenvalue weighted by atomic mass is 14.9. The normalized spacial score (nSPS) is 12.5. The molecule has 0 unspecified atom stereocenters. The van der Waals surface area contributed by atoms with Crippen molar-refractivity contribution in [3.05, 3.63) is 59.7 Å². The summed E-state index contributed by atoms with van der Waals surface area (Å²) in [4.78, 5) is 8.62. The molecule has 1 heterocycles. The third kappa shape index (κ3) is 4.05. The average Bonchev–Trinajstić information content (AvgIpc) is 2.53. The molecule has 0 radical (unpaired) electrons. The number of hydrogen-bond acceptors (Lipinski definition) is 4. The molecule has 2 aromatic rings. The highest BCUT2D eigenvalue weighted by Crippen LogP contribution is 2.12. The molecular weight excluding hydrogens is 260 g/mol. The van der Waals surface area contributed by atoms with Crippen LogP contribution in [0.4, 0.5) is 0 Å². The molecule has 21 heavy (non-hydrogen) atoms. The molecule has 0 saturated carbocycles. The first-order valence-corrected chi connectivity index (χ1v) is 7.25. The summed E-state index contributed by atoms with van der Waals surface area (Å²) in [6.45, 7) is 7.91. The Labute approximate surface area is 126 Å². The molecule has 4 heteroatoms. The van der Waals surface area contributed by atoms with Gasteiger partial charge in [0.2, 0.25) is 0 Å². The van der Waals surface area contributed by atoms with E-state index in [4.69, 9.17) is 0 Å². The van der Waals surface area contributed by atoms with Crippen LogP contribution in [-0.2, 0) is 6.54 Å². The molecule has 0 bridgehead atoms. The Morgan fingerprint density at radius 1 is 1.19 bits per heavy atom. The van der Waals surface area contributed by atoms with Crippen LogP contribution in [0.25, 0.3) is 11.0 Å². The second-order valence-corrected chi connectivity index (χ2v) is 4.82. The predicted molar refractivity (Wildman–Crippen MR) is 87.6 cm³/mol. The largest absolute Gasteiger partial charge is 0.391 e. The Hall–Kier alpha value is -2.36. The summed E-state index contributed by atoms with van der Waals surface area (Å²) >= 11 is 0. The third-order valence-corrected chi connectivity index (χ3v) is 3.25. The predicted octanol–water partition coefficient (Wildman–Crippen LogP) is 3.14. The third-order valence-electron chi connectivity index (χ3n) is 3.25. The molecular formula is C17H22N4. The average molecular weight is 282 g/mol. The van der Waals surface area contributed by atoms with Crippen LogP contribution < -0.4 is 10.6 Å². The fraction of sp³-hybridized carbons (Fsp3) is 0.294. The fourth-order valence-corrected chi connectivity index (χ4v) is 2.12. The Morgan fingerprint density at radius 2 is 1.95 bits per heavy atom. The maximum absolute atomic E-state index is 4.34. The lowest BCUT2D eigenvalue weighted by atomic mass is 10.1. The van der Waals surface area contributed by atoms with Crippen LogP contribution in [-0.4, -0.2) is 16.5 Å². The van der Waals surface area contributed by atoms with Gasteiger partial charge in [0.25, 0.3) is 0 Å². The number of aromatic nitrogens is 2. The van der Waals surface area contributed by atoms with Crippen LogP contribution in [0.5, 0.6) is 0 Å². The van der Waals surface area contributed by atoms with Crippen LogP contribution >= 0.6 is 0 Å². The van der Waals surface area contributed by atoms with Crippen molar-refractivity contribution >= 4 is 11.0 Å². The number of nitrogens with zero attached hydrogens (tertiary/aromatic N) is 2. The highest BCUT2D eigenvalue weighted by Gasteiger charge is 2.01. The number of rotatable bonds is 6. The topological polar surface area (TPSA) is 49.8 Å². The molecule has 0 atom stereocenters. The summed E-state index contributed by atoms with van der Waals surface area (Å²) in [5.41, 5.74) is 5.38. The van der Waals surface area contributed by atoms with Crippen LogP contribution in [0.15, 0.2) is 54.1 Å². The van der Waals surface area contributed by atoms with E-state index in [-0.39, 0.29) is 0 Å². The monoisotopic (exact) mass is 282 g/mol. The lowest BCUT2D eigenvalue weighted by Gasteiger charge is -2.12. The maximum Gasteiger partial charge on any atom is 0.0890 e. The van der Waals surface area contributed by atoms with Crippen molar-refractivity contribution in [1.29, 1.82) is 0 Å². The maximum atomic E-state index is 4.34. The first-order chi connectivity index (χ1) is 10.2. The van der Waals surface area contributed by atoms with Crippen molar-refractivity contribution in [1.82, 2.24) is 20.6 Å². The summed E-state index contributed by atoms with van der Waals surface area (Å²) in [7, 11) is 0. The second-order valence-electron chi connectivity index (χ2n) is 4.82. The fourth-order valence-electron chi connectivity index (χ4n) is 2.12. The SMILES string of the molecule is C/C=C(NCc1ccc2nccnc2c1)\C(C)=C/NCC. The van der Waals surface area contributed by atoms with Gasteiger partial charge in [0.15, 0.2) is 0 Å². The summed E-state index contributed by atoms with van der Waals surface area (Å²) in [5.74, 6) is 0. The van der Waals surface area contributed by atoms with Crippen LogP contribution in [0, 0.1) is 0 Å². The highest BCUT2D eigenvalue weighted by molar-refractivity contribution is 5.74. The van der Waals surface area contributed by atoms with E-state index in [0.29, 0.717) is 0 Å². The van der Waals surface area contributed by atoms with Gasteiger partial charge >= 0.3 is 0 Å². The lowest BCUT2D eigenvalue weighted by Crippen LogP contribution is -2.15. The molecule has 110 valence electrons. The Morgan fingerprint density at radius 3 is 2.67 bits per heavy atom. The number of nitrogens with one attached hydrogen (secondary N) is 2. The first kappa shape index (κ1) is 15.0. The van der Waals surface area contributed by atoms with Gasteiger partial charge in [-0.15, -0.1) is 0 Å².